The van der Waals surface area contributed by atoms with Crippen molar-refractivity contribution in [2.75, 3.05) is 6.61 Å². The summed E-state index contributed by atoms with van der Waals surface area (Å²) < 4.78 is 7.21. The summed E-state index contributed by atoms with van der Waals surface area (Å²) in [6.07, 6.45) is 3.82. The lowest BCUT2D eigenvalue weighted by Crippen LogP contribution is -2.23. The molecule has 1 fully saturated rings. The third-order valence-corrected chi connectivity index (χ3v) is 3.13. The van der Waals surface area contributed by atoms with E-state index in [9.17, 15) is 9.90 Å². The van der Waals surface area contributed by atoms with Gasteiger partial charge < -0.3 is 14.4 Å². The second-order valence-corrected chi connectivity index (χ2v) is 5.08. The van der Waals surface area contributed by atoms with Gasteiger partial charge in [0, 0.05) is 6.61 Å². The molecular formula is C12H19N3O3. The Morgan fingerprint density at radius 2 is 2.44 bits per heavy atom. The standard InChI is InChI=1S/C12H19N3O3/c1-8(2)6-9(12(16)17)15-7-13-14-11(15)10-4-3-5-18-10/h7-10H,3-6H2,1-2H3,(H,16,17). The lowest BCUT2D eigenvalue weighted by atomic mass is 10.0. The van der Waals surface area contributed by atoms with Crippen molar-refractivity contribution in [1.82, 2.24) is 14.8 Å². The Morgan fingerprint density at radius 1 is 1.67 bits per heavy atom. The van der Waals surface area contributed by atoms with Crippen LogP contribution in [0, 0.1) is 5.92 Å². The number of aliphatic carboxylic acids is 1. The molecule has 1 saturated heterocycles. The summed E-state index contributed by atoms with van der Waals surface area (Å²) in [6, 6.07) is -0.612. The fourth-order valence-corrected chi connectivity index (χ4v) is 2.28. The number of hydrogen-bond acceptors (Lipinski definition) is 4. The lowest BCUT2D eigenvalue weighted by molar-refractivity contribution is -0.141. The van der Waals surface area contributed by atoms with Crippen molar-refractivity contribution < 1.29 is 14.6 Å². The van der Waals surface area contributed by atoms with Crippen LogP contribution in [-0.2, 0) is 9.53 Å². The highest BCUT2D eigenvalue weighted by molar-refractivity contribution is 5.71. The fraction of sp³-hybridized carbons (Fsp3) is 0.750. The maximum atomic E-state index is 11.4. The third kappa shape index (κ3) is 2.69. The molecule has 0 aromatic carbocycles. The normalized spacial score (nSPS) is 21.4. The number of nitrogens with zero attached hydrogens (tertiary/aromatic N) is 3. The minimum absolute atomic E-state index is 0.110. The van der Waals surface area contributed by atoms with Crippen LogP contribution in [0.3, 0.4) is 0 Å². The van der Waals surface area contributed by atoms with E-state index in [4.69, 9.17) is 4.74 Å². The van der Waals surface area contributed by atoms with Crippen LogP contribution in [0.15, 0.2) is 6.33 Å². The van der Waals surface area contributed by atoms with Crippen LogP contribution in [-0.4, -0.2) is 32.4 Å². The second-order valence-electron chi connectivity index (χ2n) is 5.08. The van der Waals surface area contributed by atoms with Crippen LogP contribution < -0.4 is 0 Å². The van der Waals surface area contributed by atoms with E-state index in [1.165, 1.54) is 6.33 Å². The quantitative estimate of drug-likeness (QED) is 0.865. The molecule has 1 N–H and O–H groups in total. The number of hydrogen-bond donors (Lipinski definition) is 1. The minimum Gasteiger partial charge on any atom is -0.480 e. The molecule has 0 saturated carbocycles. The number of carbonyl (C=O) groups is 1. The van der Waals surface area contributed by atoms with Crippen molar-refractivity contribution in [3.05, 3.63) is 12.2 Å². The molecule has 18 heavy (non-hydrogen) atoms. The lowest BCUT2D eigenvalue weighted by Gasteiger charge is -2.19. The Bertz CT molecular complexity index is 410. The van der Waals surface area contributed by atoms with Gasteiger partial charge in [-0.2, -0.15) is 0 Å². The molecule has 2 rings (SSSR count). The van der Waals surface area contributed by atoms with Gasteiger partial charge in [-0.3, -0.25) is 0 Å². The summed E-state index contributed by atoms with van der Waals surface area (Å²) in [5.41, 5.74) is 0. The number of ether oxygens (including phenoxy) is 1. The molecule has 2 unspecified atom stereocenters. The molecule has 6 heteroatoms. The van der Waals surface area contributed by atoms with E-state index >= 15 is 0 Å². The van der Waals surface area contributed by atoms with E-state index in [1.54, 1.807) is 4.57 Å². The molecule has 6 nitrogen and oxygen atoms in total. The maximum absolute atomic E-state index is 11.4. The SMILES string of the molecule is CC(C)CC(C(=O)O)n1cnnc1C1CCCO1. The Balaban J connectivity index is 2.24. The van der Waals surface area contributed by atoms with Crippen molar-refractivity contribution in [2.45, 2.75) is 45.3 Å². The average molecular weight is 253 g/mol. The Labute approximate surface area is 106 Å². The zero-order valence-corrected chi connectivity index (χ0v) is 10.7. The molecule has 2 heterocycles. The highest BCUT2D eigenvalue weighted by Crippen LogP contribution is 2.29. The Kier molecular flexibility index (Phi) is 3.96. The molecule has 0 aliphatic carbocycles. The number of carboxylic acid groups (broad SMARTS) is 1. The smallest absolute Gasteiger partial charge is 0.326 e. The van der Waals surface area contributed by atoms with Gasteiger partial charge in [0.05, 0.1) is 0 Å². The molecule has 0 spiro atoms. The van der Waals surface area contributed by atoms with Crippen molar-refractivity contribution in [3.63, 3.8) is 0 Å². The first kappa shape index (κ1) is 13.0. The van der Waals surface area contributed by atoms with Gasteiger partial charge in [0.25, 0.3) is 0 Å². The molecule has 0 bridgehead atoms. The fourth-order valence-electron chi connectivity index (χ4n) is 2.28. The Morgan fingerprint density at radius 3 is 3.00 bits per heavy atom. The molecule has 2 atom stereocenters. The van der Waals surface area contributed by atoms with Crippen molar-refractivity contribution in [1.29, 1.82) is 0 Å². The van der Waals surface area contributed by atoms with Crippen LogP contribution in [0.5, 0.6) is 0 Å². The zero-order chi connectivity index (χ0) is 13.1. The van der Waals surface area contributed by atoms with Gasteiger partial charge in [-0.05, 0) is 25.2 Å². The predicted molar refractivity (Wildman–Crippen MR) is 64.1 cm³/mol. The van der Waals surface area contributed by atoms with Gasteiger partial charge in [0.1, 0.15) is 18.5 Å². The monoisotopic (exact) mass is 253 g/mol. The molecule has 0 radical (unpaired) electrons. The maximum Gasteiger partial charge on any atom is 0.326 e. The molecule has 0 amide bonds. The summed E-state index contributed by atoms with van der Waals surface area (Å²) in [5, 5.41) is 17.2. The minimum atomic E-state index is -0.845. The highest BCUT2D eigenvalue weighted by Gasteiger charge is 2.29. The first-order chi connectivity index (χ1) is 8.59. The molecule has 1 aromatic heterocycles. The number of rotatable bonds is 5. The summed E-state index contributed by atoms with van der Waals surface area (Å²) in [4.78, 5) is 11.4. The second kappa shape index (κ2) is 5.48. The van der Waals surface area contributed by atoms with Crippen LogP contribution in [0.25, 0.3) is 0 Å². The van der Waals surface area contributed by atoms with Crippen molar-refractivity contribution in [3.8, 4) is 0 Å². The van der Waals surface area contributed by atoms with Crippen LogP contribution >= 0.6 is 0 Å². The van der Waals surface area contributed by atoms with Gasteiger partial charge in [-0.25, -0.2) is 4.79 Å². The third-order valence-electron chi connectivity index (χ3n) is 3.13. The summed E-state index contributed by atoms with van der Waals surface area (Å²) >= 11 is 0. The molecule has 1 aromatic rings. The van der Waals surface area contributed by atoms with Crippen LogP contribution in [0.1, 0.15) is 51.1 Å². The van der Waals surface area contributed by atoms with E-state index < -0.39 is 12.0 Å². The molecule has 1 aliphatic heterocycles. The number of carboxylic acids is 1. The highest BCUT2D eigenvalue weighted by atomic mass is 16.5. The van der Waals surface area contributed by atoms with E-state index in [1.807, 2.05) is 13.8 Å². The Hall–Kier alpha value is -1.43. The van der Waals surface area contributed by atoms with E-state index in [0.717, 1.165) is 12.8 Å². The van der Waals surface area contributed by atoms with Gasteiger partial charge in [0.15, 0.2) is 5.82 Å². The summed E-state index contributed by atoms with van der Waals surface area (Å²) in [6.45, 7) is 4.72. The van der Waals surface area contributed by atoms with Crippen molar-refractivity contribution >= 4 is 5.97 Å². The van der Waals surface area contributed by atoms with E-state index in [-0.39, 0.29) is 6.10 Å². The van der Waals surface area contributed by atoms with Gasteiger partial charge in [-0.1, -0.05) is 13.8 Å². The zero-order valence-electron chi connectivity index (χ0n) is 10.7. The van der Waals surface area contributed by atoms with Gasteiger partial charge in [-0.15, -0.1) is 10.2 Å². The van der Waals surface area contributed by atoms with Crippen molar-refractivity contribution in [2.24, 2.45) is 5.92 Å². The van der Waals surface area contributed by atoms with Crippen LogP contribution in [0.4, 0.5) is 0 Å². The molecule has 1 aliphatic rings. The number of aromatic nitrogens is 3. The molecular weight excluding hydrogens is 234 g/mol. The van der Waals surface area contributed by atoms with E-state index in [2.05, 4.69) is 10.2 Å². The first-order valence-corrected chi connectivity index (χ1v) is 6.33. The van der Waals surface area contributed by atoms with Gasteiger partial charge >= 0.3 is 5.97 Å². The van der Waals surface area contributed by atoms with Gasteiger partial charge in [0.2, 0.25) is 0 Å². The van der Waals surface area contributed by atoms with Crippen LogP contribution in [0.2, 0.25) is 0 Å². The average Bonchev–Trinajstić information content (AvgIpc) is 2.95. The first-order valence-electron chi connectivity index (χ1n) is 6.33. The topological polar surface area (TPSA) is 77.2 Å². The summed E-state index contributed by atoms with van der Waals surface area (Å²) in [7, 11) is 0. The largest absolute Gasteiger partial charge is 0.480 e. The molecule has 100 valence electrons. The van der Waals surface area contributed by atoms with E-state index in [0.29, 0.717) is 24.8 Å². The predicted octanol–water partition coefficient (Wildman–Crippen LogP) is 1.80. The summed E-state index contributed by atoms with van der Waals surface area (Å²) in [5.74, 6) is 0.0918.